The van der Waals surface area contributed by atoms with Gasteiger partial charge in [0.1, 0.15) is 17.4 Å². The average Bonchev–Trinajstić information content (AvgIpc) is 2.61. The first-order chi connectivity index (χ1) is 11.6. The van der Waals surface area contributed by atoms with Gasteiger partial charge in [-0.1, -0.05) is 42.5 Å². The van der Waals surface area contributed by atoms with Gasteiger partial charge >= 0.3 is 0 Å². The number of carbonyl (C=O) groups is 1. The van der Waals surface area contributed by atoms with Crippen molar-refractivity contribution in [3.63, 3.8) is 0 Å². The molecular weight excluding hydrogens is 300 g/mol. The van der Waals surface area contributed by atoms with Gasteiger partial charge in [-0.2, -0.15) is 5.26 Å². The van der Waals surface area contributed by atoms with Crippen molar-refractivity contribution in [3.8, 4) is 11.8 Å². The zero-order chi connectivity index (χ0) is 17.4. The van der Waals surface area contributed by atoms with Gasteiger partial charge in [-0.05, 0) is 43.2 Å². The van der Waals surface area contributed by atoms with Crippen LogP contribution in [0.4, 0.5) is 0 Å². The molecule has 2 aromatic carbocycles. The average molecular weight is 320 g/mol. The summed E-state index contributed by atoms with van der Waals surface area (Å²) in [6, 6.07) is 18.7. The Morgan fingerprint density at radius 1 is 1.25 bits per heavy atom. The van der Waals surface area contributed by atoms with E-state index in [0.717, 1.165) is 11.1 Å². The van der Waals surface area contributed by atoms with Gasteiger partial charge in [-0.3, -0.25) is 4.79 Å². The van der Waals surface area contributed by atoms with Gasteiger partial charge in [-0.15, -0.1) is 0 Å². The van der Waals surface area contributed by atoms with Crippen LogP contribution < -0.4 is 10.1 Å². The normalized spacial score (nSPS) is 12.1. The van der Waals surface area contributed by atoms with Crippen LogP contribution in [0.1, 0.15) is 31.0 Å². The van der Waals surface area contributed by atoms with Gasteiger partial charge in [0.15, 0.2) is 0 Å². The number of benzene rings is 2. The van der Waals surface area contributed by atoms with Crippen molar-refractivity contribution in [2.45, 2.75) is 19.9 Å². The van der Waals surface area contributed by atoms with Gasteiger partial charge in [0.2, 0.25) is 0 Å². The van der Waals surface area contributed by atoms with Crippen LogP contribution in [0.2, 0.25) is 0 Å². The summed E-state index contributed by atoms with van der Waals surface area (Å²) in [6.07, 6.45) is 1.57. The van der Waals surface area contributed by atoms with Gasteiger partial charge in [0, 0.05) is 0 Å². The summed E-state index contributed by atoms with van der Waals surface area (Å²) < 4.78 is 5.43. The maximum Gasteiger partial charge on any atom is 0.262 e. The summed E-state index contributed by atoms with van der Waals surface area (Å²) in [5.74, 6) is 0.317. The molecule has 4 nitrogen and oxygen atoms in total. The highest BCUT2D eigenvalue weighted by molar-refractivity contribution is 6.01. The van der Waals surface area contributed by atoms with Crippen LogP contribution in [-0.4, -0.2) is 12.5 Å². The molecule has 0 heterocycles. The lowest BCUT2D eigenvalue weighted by molar-refractivity contribution is -0.117. The minimum Gasteiger partial charge on any atom is -0.494 e. The molecule has 0 spiro atoms. The lowest BCUT2D eigenvalue weighted by atomic mass is 10.1. The van der Waals surface area contributed by atoms with Crippen LogP contribution in [0, 0.1) is 11.3 Å². The predicted molar refractivity (Wildman–Crippen MR) is 94.2 cm³/mol. The molecule has 0 unspecified atom stereocenters. The van der Waals surface area contributed by atoms with Crippen molar-refractivity contribution in [1.82, 2.24) is 5.32 Å². The SMILES string of the molecule is CCOc1cccc(/C=C(\C#N)C(=O)N[C@H](C)c2ccccc2)c1. The Hall–Kier alpha value is -3.06. The maximum atomic E-state index is 12.3. The summed E-state index contributed by atoms with van der Waals surface area (Å²) in [5, 5.41) is 12.1. The molecule has 2 rings (SSSR count). The molecule has 0 bridgehead atoms. The Bertz CT molecular complexity index is 761. The fourth-order valence-electron chi connectivity index (χ4n) is 2.28. The van der Waals surface area contributed by atoms with E-state index in [9.17, 15) is 10.1 Å². The van der Waals surface area contributed by atoms with E-state index in [1.54, 1.807) is 12.1 Å². The zero-order valence-electron chi connectivity index (χ0n) is 13.8. The third-order valence-electron chi connectivity index (χ3n) is 3.49. The molecule has 0 aromatic heterocycles. The van der Waals surface area contributed by atoms with Gasteiger partial charge in [-0.25, -0.2) is 0 Å². The molecule has 1 atom stereocenters. The first-order valence-electron chi connectivity index (χ1n) is 7.84. The minimum atomic E-state index is -0.393. The fraction of sp³-hybridized carbons (Fsp3) is 0.200. The Balaban J connectivity index is 2.14. The summed E-state index contributed by atoms with van der Waals surface area (Å²) in [5.41, 5.74) is 1.80. The number of rotatable bonds is 6. The predicted octanol–water partition coefficient (Wildman–Crippen LogP) is 3.87. The summed E-state index contributed by atoms with van der Waals surface area (Å²) in [4.78, 5) is 12.3. The number of nitrogens with one attached hydrogen (secondary N) is 1. The third kappa shape index (κ3) is 4.72. The van der Waals surface area contributed by atoms with Crippen LogP contribution in [0.5, 0.6) is 5.75 Å². The number of hydrogen-bond donors (Lipinski definition) is 1. The second kappa shape index (κ2) is 8.54. The van der Waals surface area contributed by atoms with E-state index in [4.69, 9.17) is 4.74 Å². The van der Waals surface area contributed by atoms with Crippen LogP contribution in [0.15, 0.2) is 60.2 Å². The Morgan fingerprint density at radius 3 is 2.67 bits per heavy atom. The van der Waals surface area contributed by atoms with Gasteiger partial charge < -0.3 is 10.1 Å². The summed E-state index contributed by atoms with van der Waals surface area (Å²) >= 11 is 0. The van der Waals surface area contributed by atoms with E-state index >= 15 is 0 Å². The van der Waals surface area contributed by atoms with Crippen molar-refractivity contribution in [2.75, 3.05) is 6.61 Å². The minimum absolute atomic E-state index is 0.0615. The van der Waals surface area contributed by atoms with E-state index in [2.05, 4.69) is 5.32 Å². The van der Waals surface area contributed by atoms with Crippen LogP contribution in [0.3, 0.4) is 0 Å². The van der Waals surface area contributed by atoms with E-state index in [1.165, 1.54) is 0 Å². The molecule has 0 saturated carbocycles. The third-order valence-corrected chi connectivity index (χ3v) is 3.49. The Labute approximate surface area is 142 Å². The van der Waals surface area contributed by atoms with Gasteiger partial charge in [0.25, 0.3) is 5.91 Å². The van der Waals surface area contributed by atoms with Crippen molar-refractivity contribution >= 4 is 12.0 Å². The van der Waals surface area contributed by atoms with Crippen molar-refractivity contribution in [1.29, 1.82) is 5.26 Å². The molecule has 24 heavy (non-hydrogen) atoms. The van der Waals surface area contributed by atoms with Crippen molar-refractivity contribution in [3.05, 3.63) is 71.3 Å². The number of ether oxygens (including phenoxy) is 1. The van der Waals surface area contributed by atoms with Gasteiger partial charge in [0.05, 0.1) is 12.6 Å². The largest absolute Gasteiger partial charge is 0.494 e. The quantitative estimate of drug-likeness (QED) is 0.649. The van der Waals surface area contributed by atoms with Crippen molar-refractivity contribution in [2.24, 2.45) is 0 Å². The smallest absolute Gasteiger partial charge is 0.262 e. The first-order valence-corrected chi connectivity index (χ1v) is 7.84. The van der Waals surface area contributed by atoms with Crippen molar-refractivity contribution < 1.29 is 9.53 Å². The number of nitrogens with zero attached hydrogens (tertiary/aromatic N) is 1. The van der Waals surface area contributed by atoms with Crippen LogP contribution in [-0.2, 0) is 4.79 Å². The molecule has 0 radical (unpaired) electrons. The molecule has 0 aliphatic rings. The van der Waals surface area contributed by atoms with E-state index in [0.29, 0.717) is 12.4 Å². The van der Waals surface area contributed by atoms with E-state index in [-0.39, 0.29) is 11.6 Å². The molecule has 1 amide bonds. The molecule has 0 fully saturated rings. The van der Waals surface area contributed by atoms with E-state index in [1.807, 2.05) is 68.4 Å². The van der Waals surface area contributed by atoms with E-state index < -0.39 is 5.91 Å². The maximum absolute atomic E-state index is 12.3. The monoisotopic (exact) mass is 320 g/mol. The van der Waals surface area contributed by atoms with Crippen LogP contribution >= 0.6 is 0 Å². The first kappa shape index (κ1) is 17.3. The molecule has 1 N–H and O–H groups in total. The number of amides is 1. The molecule has 122 valence electrons. The highest BCUT2D eigenvalue weighted by Gasteiger charge is 2.13. The summed E-state index contributed by atoms with van der Waals surface area (Å²) in [6.45, 7) is 4.35. The molecule has 0 aliphatic heterocycles. The topological polar surface area (TPSA) is 62.1 Å². The second-order valence-corrected chi connectivity index (χ2v) is 5.28. The standard InChI is InChI=1S/C20H20N2O2/c1-3-24-19-11-7-8-16(13-19)12-18(14-21)20(23)22-15(2)17-9-5-4-6-10-17/h4-13,15H,3H2,1-2H3,(H,22,23)/b18-12+/t15-/m1/s1. The van der Waals surface area contributed by atoms with Crippen LogP contribution in [0.25, 0.3) is 6.08 Å². The highest BCUT2D eigenvalue weighted by Crippen LogP contribution is 2.17. The fourth-order valence-corrected chi connectivity index (χ4v) is 2.28. The molecule has 0 saturated heterocycles. The molecule has 0 aliphatic carbocycles. The lowest BCUT2D eigenvalue weighted by Crippen LogP contribution is -2.27. The highest BCUT2D eigenvalue weighted by atomic mass is 16.5. The zero-order valence-corrected chi connectivity index (χ0v) is 13.8. The molecular formula is C20H20N2O2. The summed E-state index contributed by atoms with van der Waals surface area (Å²) in [7, 11) is 0. The Kier molecular flexibility index (Phi) is 6.16. The second-order valence-electron chi connectivity index (χ2n) is 5.28. The number of hydrogen-bond acceptors (Lipinski definition) is 3. The Morgan fingerprint density at radius 2 is 2.00 bits per heavy atom. The molecule has 4 heteroatoms. The lowest BCUT2D eigenvalue weighted by Gasteiger charge is -2.13. The number of nitriles is 1. The number of carbonyl (C=O) groups excluding carboxylic acids is 1. The molecule has 2 aromatic rings.